The quantitative estimate of drug-likeness (QED) is 0.349. The van der Waals surface area contributed by atoms with Gasteiger partial charge in [-0.3, -0.25) is 0 Å². The summed E-state index contributed by atoms with van der Waals surface area (Å²) in [6.07, 6.45) is 0.850. The molecule has 0 bridgehead atoms. The van der Waals surface area contributed by atoms with Crippen LogP contribution in [0.2, 0.25) is 0 Å². The molecule has 0 saturated carbocycles. The van der Waals surface area contributed by atoms with E-state index in [0.717, 1.165) is 40.1 Å². The lowest BCUT2D eigenvalue weighted by Crippen LogP contribution is -2.17. The van der Waals surface area contributed by atoms with Gasteiger partial charge in [-0.25, -0.2) is 4.39 Å². The van der Waals surface area contributed by atoms with Crippen molar-refractivity contribution in [3.8, 4) is 23.0 Å². The molecule has 0 unspecified atom stereocenters. The number of ether oxygens (including phenoxy) is 4. The fraction of sp³-hybridized carbons (Fsp3) is 0.280. The van der Waals surface area contributed by atoms with Crippen molar-refractivity contribution in [1.29, 1.82) is 0 Å². The highest BCUT2D eigenvalue weighted by Gasteiger charge is 2.13. The molecule has 0 fully saturated rings. The predicted octanol–water partition coefficient (Wildman–Crippen LogP) is 5.53. The Bertz CT molecular complexity index is 1040. The van der Waals surface area contributed by atoms with Crippen molar-refractivity contribution in [3.05, 3.63) is 81.6 Å². The first kappa shape index (κ1) is 23.9. The summed E-state index contributed by atoms with van der Waals surface area (Å²) in [6, 6.07) is 16.4. The summed E-state index contributed by atoms with van der Waals surface area (Å²) >= 11 is 3.55. The SMILES string of the molecule is COc1ccc(CCNCc2cc(Br)c(OCc3ccccc3F)c(OC)c2)cc1OC. The Hall–Kier alpha value is -2.77. The van der Waals surface area contributed by atoms with E-state index in [2.05, 4.69) is 21.2 Å². The van der Waals surface area contributed by atoms with Gasteiger partial charge in [0.15, 0.2) is 23.0 Å². The monoisotopic (exact) mass is 503 g/mol. The lowest BCUT2D eigenvalue weighted by atomic mass is 10.1. The molecule has 0 aliphatic heterocycles. The van der Waals surface area contributed by atoms with Gasteiger partial charge in [-0.2, -0.15) is 0 Å². The predicted molar refractivity (Wildman–Crippen MR) is 126 cm³/mol. The van der Waals surface area contributed by atoms with E-state index in [4.69, 9.17) is 18.9 Å². The van der Waals surface area contributed by atoms with Crippen LogP contribution < -0.4 is 24.3 Å². The molecular formula is C25H27BrFNO4. The van der Waals surface area contributed by atoms with E-state index in [9.17, 15) is 4.39 Å². The minimum Gasteiger partial charge on any atom is -0.493 e. The van der Waals surface area contributed by atoms with Crippen molar-refractivity contribution in [2.45, 2.75) is 19.6 Å². The molecule has 0 amide bonds. The molecule has 0 aromatic heterocycles. The third-order valence-electron chi connectivity index (χ3n) is 4.99. The Morgan fingerprint density at radius 1 is 0.844 bits per heavy atom. The number of hydrogen-bond acceptors (Lipinski definition) is 5. The summed E-state index contributed by atoms with van der Waals surface area (Å²) in [6.45, 7) is 1.57. The highest BCUT2D eigenvalue weighted by atomic mass is 79.9. The maximum absolute atomic E-state index is 13.9. The molecule has 3 aromatic carbocycles. The molecule has 0 spiro atoms. The van der Waals surface area contributed by atoms with Crippen molar-refractivity contribution in [1.82, 2.24) is 5.32 Å². The molecule has 0 radical (unpaired) electrons. The average Bonchev–Trinajstić information content (AvgIpc) is 2.81. The summed E-state index contributed by atoms with van der Waals surface area (Å²) in [4.78, 5) is 0. The van der Waals surface area contributed by atoms with Gasteiger partial charge in [-0.05, 0) is 70.4 Å². The van der Waals surface area contributed by atoms with E-state index < -0.39 is 0 Å². The molecule has 7 heteroatoms. The van der Waals surface area contributed by atoms with Gasteiger partial charge in [0, 0.05) is 12.1 Å². The van der Waals surface area contributed by atoms with Crippen molar-refractivity contribution < 1.29 is 23.3 Å². The van der Waals surface area contributed by atoms with E-state index in [1.54, 1.807) is 39.5 Å². The fourth-order valence-corrected chi connectivity index (χ4v) is 3.89. The van der Waals surface area contributed by atoms with Gasteiger partial charge in [-0.15, -0.1) is 0 Å². The summed E-state index contributed by atoms with van der Waals surface area (Å²) in [5, 5.41) is 3.44. The Morgan fingerprint density at radius 2 is 1.56 bits per heavy atom. The van der Waals surface area contributed by atoms with Crippen LogP contribution in [0.25, 0.3) is 0 Å². The van der Waals surface area contributed by atoms with Crippen molar-refractivity contribution in [2.24, 2.45) is 0 Å². The maximum Gasteiger partial charge on any atom is 0.175 e. The topological polar surface area (TPSA) is 49.0 Å². The van der Waals surface area contributed by atoms with Gasteiger partial charge in [0.1, 0.15) is 12.4 Å². The van der Waals surface area contributed by atoms with Crippen molar-refractivity contribution in [2.75, 3.05) is 27.9 Å². The Kier molecular flexibility index (Phi) is 8.76. The molecule has 32 heavy (non-hydrogen) atoms. The van der Waals surface area contributed by atoms with Crippen LogP contribution in [0.1, 0.15) is 16.7 Å². The van der Waals surface area contributed by atoms with Crippen LogP contribution in [0, 0.1) is 5.82 Å². The summed E-state index contributed by atoms with van der Waals surface area (Å²) < 4.78 is 36.6. The smallest absolute Gasteiger partial charge is 0.175 e. The zero-order valence-electron chi connectivity index (χ0n) is 18.4. The molecule has 3 rings (SSSR count). The molecule has 1 N–H and O–H groups in total. The second-order valence-electron chi connectivity index (χ2n) is 7.11. The highest BCUT2D eigenvalue weighted by Crippen LogP contribution is 2.37. The van der Waals surface area contributed by atoms with Gasteiger partial charge in [0.05, 0.1) is 25.8 Å². The number of benzene rings is 3. The molecular weight excluding hydrogens is 477 g/mol. The fourth-order valence-electron chi connectivity index (χ4n) is 3.28. The number of rotatable bonds is 11. The Labute approximate surface area is 196 Å². The molecule has 0 heterocycles. The standard InChI is InChI=1S/C25H27BrFNO4/c1-29-22-9-8-17(13-23(22)30-2)10-11-28-15-18-12-20(26)25(24(14-18)31-3)32-16-19-6-4-5-7-21(19)27/h4-9,12-14,28H,10-11,15-16H2,1-3H3. The largest absolute Gasteiger partial charge is 0.493 e. The van der Waals surface area contributed by atoms with E-state index in [0.29, 0.717) is 23.6 Å². The molecule has 170 valence electrons. The molecule has 0 saturated heterocycles. The third kappa shape index (κ3) is 6.14. The van der Waals surface area contributed by atoms with Crippen LogP contribution in [0.4, 0.5) is 4.39 Å². The Morgan fingerprint density at radius 3 is 2.28 bits per heavy atom. The highest BCUT2D eigenvalue weighted by molar-refractivity contribution is 9.10. The minimum atomic E-state index is -0.294. The van der Waals surface area contributed by atoms with Gasteiger partial charge < -0.3 is 24.3 Å². The lowest BCUT2D eigenvalue weighted by molar-refractivity contribution is 0.277. The van der Waals surface area contributed by atoms with Crippen LogP contribution in [0.5, 0.6) is 23.0 Å². The van der Waals surface area contributed by atoms with E-state index >= 15 is 0 Å². The molecule has 3 aromatic rings. The minimum absolute atomic E-state index is 0.116. The first-order valence-electron chi connectivity index (χ1n) is 10.2. The van der Waals surface area contributed by atoms with Gasteiger partial charge in [-0.1, -0.05) is 24.3 Å². The zero-order chi connectivity index (χ0) is 22.9. The summed E-state index contributed by atoms with van der Waals surface area (Å²) in [7, 11) is 4.85. The van der Waals surface area contributed by atoms with Crippen LogP contribution in [0.3, 0.4) is 0 Å². The van der Waals surface area contributed by atoms with Gasteiger partial charge in [0.25, 0.3) is 0 Å². The average molecular weight is 504 g/mol. The van der Waals surface area contributed by atoms with E-state index in [-0.39, 0.29) is 12.4 Å². The molecule has 0 atom stereocenters. The number of methoxy groups -OCH3 is 3. The zero-order valence-corrected chi connectivity index (χ0v) is 20.0. The van der Waals surface area contributed by atoms with Crippen LogP contribution in [-0.2, 0) is 19.6 Å². The number of halogens is 2. The van der Waals surface area contributed by atoms with Crippen LogP contribution in [0.15, 0.2) is 59.1 Å². The molecule has 0 aliphatic carbocycles. The molecule has 0 aliphatic rings. The normalized spacial score (nSPS) is 10.7. The maximum atomic E-state index is 13.9. The van der Waals surface area contributed by atoms with Crippen molar-refractivity contribution in [3.63, 3.8) is 0 Å². The first-order chi connectivity index (χ1) is 15.5. The summed E-state index contributed by atoms with van der Waals surface area (Å²) in [5.41, 5.74) is 2.69. The van der Waals surface area contributed by atoms with E-state index in [1.165, 1.54) is 6.07 Å². The number of hydrogen-bond donors (Lipinski definition) is 1. The second-order valence-corrected chi connectivity index (χ2v) is 7.96. The van der Waals surface area contributed by atoms with Crippen molar-refractivity contribution >= 4 is 15.9 Å². The van der Waals surface area contributed by atoms with Crippen LogP contribution >= 0.6 is 15.9 Å². The van der Waals surface area contributed by atoms with Gasteiger partial charge >= 0.3 is 0 Å². The van der Waals surface area contributed by atoms with E-state index in [1.807, 2.05) is 30.3 Å². The summed E-state index contributed by atoms with van der Waals surface area (Å²) in [5.74, 6) is 2.29. The van der Waals surface area contributed by atoms with Gasteiger partial charge in [0.2, 0.25) is 0 Å². The van der Waals surface area contributed by atoms with Crippen LogP contribution in [-0.4, -0.2) is 27.9 Å². The third-order valence-corrected chi connectivity index (χ3v) is 5.58. The second kappa shape index (κ2) is 11.7. The number of nitrogens with one attached hydrogen (secondary N) is 1. The molecule has 5 nitrogen and oxygen atoms in total. The first-order valence-corrected chi connectivity index (χ1v) is 11.0. The Balaban J connectivity index is 1.58. The lowest BCUT2D eigenvalue weighted by Gasteiger charge is -2.15.